The number of carbonyl (C=O) groups is 3. The highest BCUT2D eigenvalue weighted by molar-refractivity contribution is 6.30. The van der Waals surface area contributed by atoms with E-state index < -0.39 is 11.6 Å². The highest BCUT2D eigenvalue weighted by Crippen LogP contribution is 2.16. The Morgan fingerprint density at radius 1 is 1.23 bits per heavy atom. The number of amides is 2. The van der Waals surface area contributed by atoms with Crippen LogP contribution >= 0.6 is 11.6 Å². The summed E-state index contributed by atoms with van der Waals surface area (Å²) in [5, 5.41) is 0.597. The lowest BCUT2D eigenvalue weighted by Gasteiger charge is -2.31. The van der Waals surface area contributed by atoms with E-state index in [9.17, 15) is 14.4 Å². The molecule has 0 N–H and O–H groups in total. The molecule has 1 aliphatic heterocycles. The van der Waals surface area contributed by atoms with Gasteiger partial charge in [-0.3, -0.25) is 14.4 Å². The monoisotopic (exact) mass is 450 g/mol. The van der Waals surface area contributed by atoms with Crippen LogP contribution in [0.15, 0.2) is 30.3 Å². The van der Waals surface area contributed by atoms with Crippen LogP contribution in [0.4, 0.5) is 0 Å². The van der Waals surface area contributed by atoms with Crippen molar-refractivity contribution in [1.82, 2.24) is 9.80 Å². The number of benzene rings is 1. The van der Waals surface area contributed by atoms with Gasteiger partial charge in [-0.15, -0.1) is 0 Å². The molecule has 1 aliphatic rings. The molecule has 1 saturated heterocycles. The summed E-state index contributed by atoms with van der Waals surface area (Å²) in [6.45, 7) is 6.63. The van der Waals surface area contributed by atoms with Crippen molar-refractivity contribution in [3.8, 4) is 0 Å². The molecular formula is C23H31ClN2O5. The van der Waals surface area contributed by atoms with Crippen molar-refractivity contribution in [2.45, 2.75) is 45.3 Å². The third kappa shape index (κ3) is 8.34. The van der Waals surface area contributed by atoms with Crippen molar-refractivity contribution in [3.63, 3.8) is 0 Å². The van der Waals surface area contributed by atoms with E-state index in [0.717, 1.165) is 5.56 Å². The molecule has 170 valence electrons. The summed E-state index contributed by atoms with van der Waals surface area (Å²) in [5.74, 6) is -0.672. The maximum atomic E-state index is 12.7. The van der Waals surface area contributed by atoms with E-state index in [2.05, 4.69) is 0 Å². The molecule has 8 heteroatoms. The van der Waals surface area contributed by atoms with Gasteiger partial charge in [0, 0.05) is 44.3 Å². The van der Waals surface area contributed by atoms with Gasteiger partial charge in [0.25, 0.3) is 0 Å². The fraction of sp³-hybridized carbons (Fsp3) is 0.522. The van der Waals surface area contributed by atoms with E-state index >= 15 is 0 Å². The number of carbonyl (C=O) groups excluding carboxylic acids is 3. The van der Waals surface area contributed by atoms with Gasteiger partial charge in [-0.2, -0.15) is 0 Å². The molecule has 1 aromatic carbocycles. The smallest absolute Gasteiger partial charge is 0.308 e. The quantitative estimate of drug-likeness (QED) is 0.471. The molecular weight excluding hydrogens is 420 g/mol. The molecule has 7 nitrogen and oxygen atoms in total. The van der Waals surface area contributed by atoms with Crippen LogP contribution in [-0.4, -0.2) is 72.6 Å². The molecule has 31 heavy (non-hydrogen) atoms. The van der Waals surface area contributed by atoms with Gasteiger partial charge in [-0.05, 0) is 44.5 Å². The van der Waals surface area contributed by atoms with Gasteiger partial charge >= 0.3 is 5.97 Å². The van der Waals surface area contributed by atoms with Crippen molar-refractivity contribution >= 4 is 35.5 Å². The van der Waals surface area contributed by atoms with E-state index in [0.29, 0.717) is 24.7 Å². The highest BCUT2D eigenvalue weighted by Gasteiger charge is 2.31. The van der Waals surface area contributed by atoms with Crippen LogP contribution in [0.25, 0.3) is 6.08 Å². The topological polar surface area (TPSA) is 76.2 Å². The Morgan fingerprint density at radius 2 is 1.97 bits per heavy atom. The summed E-state index contributed by atoms with van der Waals surface area (Å²) in [6.07, 6.45) is 3.42. The van der Waals surface area contributed by atoms with Crippen LogP contribution in [0.3, 0.4) is 0 Å². The molecule has 1 atom stereocenters. The Kier molecular flexibility index (Phi) is 9.07. The molecule has 1 fully saturated rings. The van der Waals surface area contributed by atoms with Crippen LogP contribution in [0, 0.1) is 0 Å². The van der Waals surface area contributed by atoms with Crippen LogP contribution in [0.1, 0.15) is 39.2 Å². The molecule has 0 bridgehead atoms. The van der Waals surface area contributed by atoms with Gasteiger partial charge in [0.05, 0.1) is 19.1 Å². The lowest BCUT2D eigenvalue weighted by atomic mass is 10.1. The molecule has 1 unspecified atom stereocenters. The first-order valence-electron chi connectivity index (χ1n) is 10.3. The molecule has 2 rings (SSSR count). The third-order valence-corrected chi connectivity index (χ3v) is 4.96. The number of ether oxygens (including phenoxy) is 2. The Labute approximate surface area is 188 Å². The molecule has 2 amide bonds. The largest absolute Gasteiger partial charge is 0.460 e. The van der Waals surface area contributed by atoms with Crippen molar-refractivity contribution < 1.29 is 23.9 Å². The zero-order valence-corrected chi connectivity index (χ0v) is 19.4. The van der Waals surface area contributed by atoms with Gasteiger partial charge in [-0.1, -0.05) is 23.7 Å². The second-order valence-electron chi connectivity index (χ2n) is 8.45. The summed E-state index contributed by atoms with van der Waals surface area (Å²) >= 11 is 5.97. The lowest BCUT2D eigenvalue weighted by molar-refractivity contribution is -0.157. The Morgan fingerprint density at radius 3 is 2.61 bits per heavy atom. The van der Waals surface area contributed by atoms with E-state index in [1.165, 1.54) is 13.2 Å². The minimum absolute atomic E-state index is 0.0411. The SMILES string of the molecule is COCC(CC(=O)OC(C)(C)C)N1CCN(C(=O)/C=C/c2cccc(Cl)c2)CCC1=O. The Balaban J connectivity index is 2.02. The maximum absolute atomic E-state index is 12.7. The van der Waals surface area contributed by atoms with Crippen molar-refractivity contribution in [2.75, 3.05) is 33.4 Å². The van der Waals surface area contributed by atoms with E-state index in [1.54, 1.807) is 48.8 Å². The van der Waals surface area contributed by atoms with Crippen molar-refractivity contribution in [2.24, 2.45) is 0 Å². The maximum Gasteiger partial charge on any atom is 0.308 e. The Hall–Kier alpha value is -2.38. The second kappa shape index (κ2) is 11.3. The molecule has 0 saturated carbocycles. The van der Waals surface area contributed by atoms with E-state index in [4.69, 9.17) is 21.1 Å². The van der Waals surface area contributed by atoms with E-state index in [1.807, 2.05) is 12.1 Å². The average Bonchev–Trinajstić information content (AvgIpc) is 2.86. The summed E-state index contributed by atoms with van der Waals surface area (Å²) < 4.78 is 10.6. The van der Waals surface area contributed by atoms with Crippen LogP contribution in [0.5, 0.6) is 0 Å². The summed E-state index contributed by atoms with van der Waals surface area (Å²) in [6, 6.07) is 6.77. The van der Waals surface area contributed by atoms with Crippen molar-refractivity contribution in [1.29, 1.82) is 0 Å². The number of hydrogen-bond acceptors (Lipinski definition) is 5. The molecule has 1 aromatic rings. The standard InChI is InChI=1S/C23H31ClN2O5/c1-23(2,3)31-22(29)15-19(16-30-4)26-13-12-25(11-10-21(26)28)20(27)9-8-17-6-5-7-18(24)14-17/h5-9,14,19H,10-13,15-16H2,1-4H3/b9-8+. The first-order valence-corrected chi connectivity index (χ1v) is 10.7. The lowest BCUT2D eigenvalue weighted by Crippen LogP contribution is -2.46. The number of halogens is 1. The number of nitrogens with zero attached hydrogens (tertiary/aromatic N) is 2. The normalized spacial score (nSPS) is 16.4. The van der Waals surface area contributed by atoms with Crippen LogP contribution < -0.4 is 0 Å². The first kappa shape index (κ1) is 24.9. The predicted molar refractivity (Wildman–Crippen MR) is 120 cm³/mol. The van der Waals surface area contributed by atoms with Crippen LogP contribution in [-0.2, 0) is 23.9 Å². The number of methoxy groups -OCH3 is 1. The molecule has 0 radical (unpaired) electrons. The zero-order chi connectivity index (χ0) is 23.0. The van der Waals surface area contributed by atoms with Gasteiger partial charge in [-0.25, -0.2) is 0 Å². The van der Waals surface area contributed by atoms with Crippen LogP contribution in [0.2, 0.25) is 5.02 Å². The van der Waals surface area contributed by atoms with Gasteiger partial charge in [0.15, 0.2) is 0 Å². The number of rotatable bonds is 7. The molecule has 0 aliphatic carbocycles. The average molecular weight is 451 g/mol. The van der Waals surface area contributed by atoms with Gasteiger partial charge in [0.1, 0.15) is 5.60 Å². The first-order chi connectivity index (χ1) is 14.6. The molecule has 1 heterocycles. The predicted octanol–water partition coefficient (Wildman–Crippen LogP) is 3.16. The van der Waals surface area contributed by atoms with Gasteiger partial charge in [0.2, 0.25) is 11.8 Å². The van der Waals surface area contributed by atoms with Crippen molar-refractivity contribution in [3.05, 3.63) is 40.9 Å². The number of esters is 1. The second-order valence-corrected chi connectivity index (χ2v) is 8.89. The zero-order valence-electron chi connectivity index (χ0n) is 18.6. The molecule has 0 aromatic heterocycles. The summed E-state index contributed by atoms with van der Waals surface area (Å²) in [5.41, 5.74) is 0.224. The van der Waals surface area contributed by atoms with E-state index in [-0.39, 0.29) is 37.2 Å². The summed E-state index contributed by atoms with van der Waals surface area (Å²) in [4.78, 5) is 40.9. The summed E-state index contributed by atoms with van der Waals surface area (Å²) in [7, 11) is 1.53. The van der Waals surface area contributed by atoms with Gasteiger partial charge < -0.3 is 19.3 Å². The minimum atomic E-state index is -0.601. The number of hydrogen-bond donors (Lipinski definition) is 0. The fourth-order valence-corrected chi connectivity index (χ4v) is 3.55. The fourth-order valence-electron chi connectivity index (χ4n) is 3.36. The Bertz CT molecular complexity index is 818. The highest BCUT2D eigenvalue weighted by atomic mass is 35.5. The third-order valence-electron chi connectivity index (χ3n) is 4.73. The minimum Gasteiger partial charge on any atom is -0.460 e. The molecule has 0 spiro atoms.